The minimum atomic E-state index is 0.454. The van der Waals surface area contributed by atoms with Crippen LogP contribution in [0.25, 0.3) is 21.9 Å². The molecule has 0 fully saturated rings. The van der Waals surface area contributed by atoms with Gasteiger partial charge in [0.2, 0.25) is 0 Å². The van der Waals surface area contributed by atoms with Gasteiger partial charge in [-0.1, -0.05) is 61.0 Å². The maximum absolute atomic E-state index is 5.66. The molecule has 1 radical (unpaired) electrons. The van der Waals surface area contributed by atoms with Gasteiger partial charge in [-0.25, -0.2) is 0 Å². The van der Waals surface area contributed by atoms with Crippen molar-refractivity contribution in [3.63, 3.8) is 0 Å². The highest BCUT2D eigenvalue weighted by Crippen LogP contribution is 2.34. The molecule has 0 unspecified atom stereocenters. The highest BCUT2D eigenvalue weighted by molar-refractivity contribution is 5.97. The van der Waals surface area contributed by atoms with Crippen molar-refractivity contribution in [2.75, 3.05) is 6.61 Å². The van der Waals surface area contributed by atoms with Crippen LogP contribution >= 0.6 is 0 Å². The van der Waals surface area contributed by atoms with Gasteiger partial charge in [0.05, 0.1) is 12.2 Å². The van der Waals surface area contributed by atoms with Gasteiger partial charge in [-0.3, -0.25) is 0 Å². The molecule has 0 atom stereocenters. The molecule has 0 aliphatic heterocycles. The maximum Gasteiger partial charge on any atom is 0.319 e. The van der Waals surface area contributed by atoms with E-state index in [-0.39, 0.29) is 0 Å². The fraction of sp³-hybridized carbons (Fsp3) is 0.235. The van der Waals surface area contributed by atoms with E-state index in [2.05, 4.69) is 36.5 Å². The Bertz CT molecular complexity index is 698. The Balaban J connectivity index is 2.01. The van der Waals surface area contributed by atoms with Gasteiger partial charge in [0.25, 0.3) is 0 Å². The summed E-state index contributed by atoms with van der Waals surface area (Å²) in [6, 6.07) is 14.4. The summed E-state index contributed by atoms with van der Waals surface area (Å²) in [5, 5.41) is 6.09. The van der Waals surface area contributed by atoms with Crippen LogP contribution in [-0.4, -0.2) is 11.8 Å². The number of aromatic nitrogens is 1. The molecule has 3 aromatic rings. The monoisotopic (exact) mass is 266 g/mol. The van der Waals surface area contributed by atoms with Crippen molar-refractivity contribution in [2.24, 2.45) is 0 Å². The number of fused-ring (bicyclic) bond motifs is 1. The van der Waals surface area contributed by atoms with Gasteiger partial charge in [-0.05, 0) is 22.8 Å². The molecule has 3 heteroatoms. The molecule has 1 aromatic heterocycles. The molecule has 0 amide bonds. The van der Waals surface area contributed by atoms with E-state index in [1.165, 1.54) is 5.39 Å². The summed E-state index contributed by atoms with van der Waals surface area (Å²) in [7, 11) is 0. The summed E-state index contributed by atoms with van der Waals surface area (Å²) in [4.78, 5) is 0. The quantitative estimate of drug-likeness (QED) is 0.639. The van der Waals surface area contributed by atoms with Crippen molar-refractivity contribution in [1.29, 1.82) is 0 Å². The predicted molar refractivity (Wildman–Crippen MR) is 78.7 cm³/mol. The Labute approximate surface area is 118 Å². The lowest BCUT2D eigenvalue weighted by Crippen LogP contribution is -1.96. The van der Waals surface area contributed by atoms with Crippen molar-refractivity contribution < 1.29 is 9.26 Å². The number of unbranched alkanes of at least 4 members (excludes halogenated alkanes) is 1. The molecular formula is C17H16NO2. The third-order valence-corrected chi connectivity index (χ3v) is 3.28. The zero-order valence-electron chi connectivity index (χ0n) is 11.4. The topological polar surface area (TPSA) is 35.3 Å². The van der Waals surface area contributed by atoms with E-state index in [0.29, 0.717) is 12.6 Å². The fourth-order valence-corrected chi connectivity index (χ4v) is 2.22. The Morgan fingerprint density at radius 1 is 1.15 bits per heavy atom. The average molecular weight is 266 g/mol. The van der Waals surface area contributed by atoms with E-state index >= 15 is 0 Å². The molecule has 0 N–H and O–H groups in total. The molecule has 0 saturated heterocycles. The lowest BCUT2D eigenvalue weighted by molar-refractivity contribution is 0.212. The first kappa shape index (κ1) is 12.7. The summed E-state index contributed by atoms with van der Waals surface area (Å²) in [5.41, 5.74) is 1.83. The third kappa shape index (κ3) is 2.39. The van der Waals surface area contributed by atoms with E-state index < -0.39 is 0 Å². The number of hydrogen-bond donors (Lipinski definition) is 0. The highest BCUT2D eigenvalue weighted by atomic mass is 16.6. The van der Waals surface area contributed by atoms with E-state index in [1.807, 2.05) is 24.3 Å². The SMILES string of the molecule is CCCCOc1on[c]c1-c1cccc2ccccc12. The lowest BCUT2D eigenvalue weighted by Gasteiger charge is -2.06. The van der Waals surface area contributed by atoms with Gasteiger partial charge in [-0.2, -0.15) is 0 Å². The molecule has 1 heterocycles. The molecule has 0 aliphatic rings. The number of ether oxygens (including phenoxy) is 1. The van der Waals surface area contributed by atoms with Crippen LogP contribution in [0.3, 0.4) is 0 Å². The number of hydrogen-bond acceptors (Lipinski definition) is 3. The van der Waals surface area contributed by atoms with Crippen molar-refractivity contribution >= 4 is 10.8 Å². The zero-order valence-corrected chi connectivity index (χ0v) is 11.4. The van der Waals surface area contributed by atoms with Gasteiger partial charge in [0, 0.05) is 0 Å². The minimum Gasteiger partial charge on any atom is -0.463 e. The van der Waals surface area contributed by atoms with Gasteiger partial charge >= 0.3 is 5.95 Å². The van der Waals surface area contributed by atoms with Crippen LogP contribution in [0.4, 0.5) is 0 Å². The van der Waals surface area contributed by atoms with Crippen molar-refractivity contribution in [3.8, 4) is 17.1 Å². The first-order valence-electron chi connectivity index (χ1n) is 6.88. The van der Waals surface area contributed by atoms with Gasteiger partial charge in [-0.15, -0.1) is 0 Å². The molecular weight excluding hydrogens is 250 g/mol. The van der Waals surface area contributed by atoms with Crippen LogP contribution in [-0.2, 0) is 0 Å². The molecule has 0 spiro atoms. The van der Waals surface area contributed by atoms with Crippen molar-refractivity contribution in [1.82, 2.24) is 5.16 Å². The molecule has 3 nitrogen and oxygen atoms in total. The number of benzene rings is 2. The van der Waals surface area contributed by atoms with Crippen LogP contribution in [0.2, 0.25) is 0 Å². The summed E-state index contributed by atoms with van der Waals surface area (Å²) >= 11 is 0. The van der Waals surface area contributed by atoms with Crippen LogP contribution in [0.5, 0.6) is 5.95 Å². The second-order valence-electron chi connectivity index (χ2n) is 4.69. The van der Waals surface area contributed by atoms with Crippen LogP contribution in [0, 0.1) is 6.20 Å². The van der Waals surface area contributed by atoms with E-state index in [0.717, 1.165) is 29.4 Å². The zero-order chi connectivity index (χ0) is 13.8. The van der Waals surface area contributed by atoms with Gasteiger partial charge in [0.15, 0.2) is 0 Å². The average Bonchev–Trinajstić information content (AvgIpc) is 2.95. The van der Waals surface area contributed by atoms with Crippen LogP contribution in [0.1, 0.15) is 19.8 Å². The number of rotatable bonds is 5. The Kier molecular flexibility index (Phi) is 3.68. The van der Waals surface area contributed by atoms with Crippen LogP contribution < -0.4 is 4.74 Å². The lowest BCUT2D eigenvalue weighted by atomic mass is 10.0. The Morgan fingerprint density at radius 2 is 2.00 bits per heavy atom. The first-order valence-corrected chi connectivity index (χ1v) is 6.88. The van der Waals surface area contributed by atoms with Crippen LogP contribution in [0.15, 0.2) is 47.0 Å². The molecule has 2 aromatic carbocycles. The normalized spacial score (nSPS) is 10.8. The molecule has 3 rings (SSSR count). The van der Waals surface area contributed by atoms with Gasteiger partial charge < -0.3 is 9.26 Å². The van der Waals surface area contributed by atoms with E-state index in [4.69, 9.17) is 9.26 Å². The molecule has 101 valence electrons. The Hall–Kier alpha value is -2.29. The fourth-order valence-electron chi connectivity index (χ4n) is 2.22. The van der Waals surface area contributed by atoms with Crippen molar-refractivity contribution in [2.45, 2.75) is 19.8 Å². The molecule has 0 saturated carbocycles. The largest absolute Gasteiger partial charge is 0.463 e. The van der Waals surface area contributed by atoms with Crippen molar-refractivity contribution in [3.05, 3.63) is 48.7 Å². The summed E-state index contributed by atoms with van der Waals surface area (Å²) in [5.74, 6) is 0.454. The second kappa shape index (κ2) is 5.78. The van der Waals surface area contributed by atoms with E-state index in [1.54, 1.807) is 0 Å². The summed E-state index contributed by atoms with van der Waals surface area (Å²) in [6.45, 7) is 2.76. The summed E-state index contributed by atoms with van der Waals surface area (Å²) in [6.07, 6.45) is 4.98. The highest BCUT2D eigenvalue weighted by Gasteiger charge is 2.14. The first-order chi connectivity index (χ1) is 9.90. The molecule has 0 aliphatic carbocycles. The molecule has 0 bridgehead atoms. The number of nitrogens with zero attached hydrogens (tertiary/aromatic N) is 1. The second-order valence-corrected chi connectivity index (χ2v) is 4.69. The minimum absolute atomic E-state index is 0.454. The molecule has 20 heavy (non-hydrogen) atoms. The van der Waals surface area contributed by atoms with Gasteiger partial charge in [0.1, 0.15) is 6.20 Å². The standard InChI is InChI=1S/C17H16NO2/c1-2-3-11-19-17-16(12-18-20-17)15-10-6-8-13-7-4-5-9-14(13)15/h4-10H,2-3,11H2,1H3. The maximum atomic E-state index is 5.66. The summed E-state index contributed by atoms with van der Waals surface area (Å²) < 4.78 is 10.8. The predicted octanol–water partition coefficient (Wildman–Crippen LogP) is 4.47. The van der Waals surface area contributed by atoms with E-state index in [9.17, 15) is 0 Å². The third-order valence-electron chi connectivity index (χ3n) is 3.28. The smallest absolute Gasteiger partial charge is 0.319 e. The Morgan fingerprint density at radius 3 is 2.90 bits per heavy atom.